The van der Waals surface area contributed by atoms with Gasteiger partial charge in [0.15, 0.2) is 35.2 Å². The van der Waals surface area contributed by atoms with Crippen LogP contribution >= 0.6 is 11.6 Å². The van der Waals surface area contributed by atoms with Crippen molar-refractivity contribution in [2.45, 2.75) is 57.7 Å². The van der Waals surface area contributed by atoms with Crippen molar-refractivity contribution in [1.29, 1.82) is 0 Å². The summed E-state index contributed by atoms with van der Waals surface area (Å²) >= 11 is 6.32. The van der Waals surface area contributed by atoms with E-state index < -0.39 is 12.2 Å². The van der Waals surface area contributed by atoms with E-state index in [4.69, 9.17) is 35.3 Å². The highest BCUT2D eigenvalue weighted by molar-refractivity contribution is 6.32. The van der Waals surface area contributed by atoms with E-state index in [0.29, 0.717) is 63.4 Å². The Balaban J connectivity index is 0.000000172. The number of fused-ring (bicyclic) bond motifs is 3. The Kier molecular flexibility index (Phi) is 13.3. The van der Waals surface area contributed by atoms with Crippen molar-refractivity contribution in [1.82, 2.24) is 41.2 Å². The van der Waals surface area contributed by atoms with E-state index in [1.807, 2.05) is 24.3 Å². The predicted octanol–water partition coefficient (Wildman–Crippen LogP) is 7.44. The lowest BCUT2D eigenvalue weighted by Crippen LogP contribution is -2.24. The van der Waals surface area contributed by atoms with Crippen LogP contribution in [0, 0.1) is 0 Å². The molecular formula is C44H43ClN10O7. The minimum atomic E-state index is -0.533. The first-order valence-electron chi connectivity index (χ1n) is 20.2. The van der Waals surface area contributed by atoms with Gasteiger partial charge >= 0.3 is 0 Å². The lowest BCUT2D eigenvalue weighted by atomic mass is 10.1. The van der Waals surface area contributed by atoms with E-state index in [1.54, 1.807) is 48.5 Å². The van der Waals surface area contributed by atoms with Crippen molar-refractivity contribution >= 4 is 46.9 Å². The normalized spacial score (nSPS) is 16.0. The van der Waals surface area contributed by atoms with Gasteiger partial charge in [0.05, 0.1) is 23.0 Å². The average molecular weight is 859 g/mol. The molecule has 9 rings (SSSR count). The molecule has 0 radical (unpaired) electrons. The number of nitrogens with zero attached hydrogens (tertiary/aromatic N) is 6. The second-order valence-electron chi connectivity index (χ2n) is 14.4. The van der Waals surface area contributed by atoms with Gasteiger partial charge in [0.1, 0.15) is 19.0 Å². The van der Waals surface area contributed by atoms with Crippen LogP contribution in [0.2, 0.25) is 5.02 Å². The Morgan fingerprint density at radius 1 is 0.758 bits per heavy atom. The molecule has 62 heavy (non-hydrogen) atoms. The molecule has 2 aliphatic heterocycles. The number of H-pyrrole nitrogens is 2. The van der Waals surface area contributed by atoms with Crippen molar-refractivity contribution in [3.63, 3.8) is 0 Å². The smallest absolute Gasteiger partial charge is 0.248 e. The fourth-order valence-corrected chi connectivity index (χ4v) is 7.15. The fourth-order valence-electron chi connectivity index (χ4n) is 6.91. The Morgan fingerprint density at radius 3 is 1.90 bits per heavy atom. The number of carbonyl (C=O) groups excluding carboxylic acids is 2. The lowest BCUT2D eigenvalue weighted by molar-refractivity contribution is -0.112. The molecule has 4 N–H and O–H groups in total. The van der Waals surface area contributed by atoms with E-state index in [-0.39, 0.29) is 25.0 Å². The zero-order valence-electron chi connectivity index (χ0n) is 33.7. The summed E-state index contributed by atoms with van der Waals surface area (Å²) in [5, 5.41) is 33.8. The average Bonchev–Trinajstić information content (AvgIpc) is 4.12. The molecule has 4 aromatic carbocycles. The number of benzene rings is 4. The first-order valence-corrected chi connectivity index (χ1v) is 20.6. The van der Waals surface area contributed by atoms with Crippen LogP contribution in [0.1, 0.15) is 78.7 Å². The Hall–Kier alpha value is -7.27. The molecule has 2 aromatic heterocycles. The molecule has 4 heterocycles. The van der Waals surface area contributed by atoms with Gasteiger partial charge < -0.3 is 34.3 Å². The van der Waals surface area contributed by atoms with Crippen LogP contribution in [0.15, 0.2) is 84.9 Å². The number of amides is 2. The summed E-state index contributed by atoms with van der Waals surface area (Å²) in [4.78, 5) is 25.0. The minimum Gasteiger partial charge on any atom is -0.492 e. The SMILES string of the molecule is CCCCCOc1ccc(C=CC(=O)Nc2cccc3c2OC(c2nn[nH]n2)CO3)cc1Cl.O=C(C=Cc1ccc2c(c1)CCC2)Nc1cccc2c1OC(c1nn[nH]n1)CO2. The largest absolute Gasteiger partial charge is 0.492 e. The highest BCUT2D eigenvalue weighted by Gasteiger charge is 2.29. The lowest BCUT2D eigenvalue weighted by Gasteiger charge is -2.26. The van der Waals surface area contributed by atoms with Crippen LogP contribution in [0.3, 0.4) is 0 Å². The van der Waals surface area contributed by atoms with Gasteiger partial charge in [-0.3, -0.25) is 9.59 Å². The Labute approximate surface area is 361 Å². The van der Waals surface area contributed by atoms with E-state index in [1.165, 1.54) is 29.7 Å². The summed E-state index contributed by atoms with van der Waals surface area (Å²) < 4.78 is 29.1. The quantitative estimate of drug-likeness (QED) is 0.0658. The summed E-state index contributed by atoms with van der Waals surface area (Å²) in [5.41, 5.74) is 5.60. The standard InChI is InChI=1S/C23H24ClN5O4.C21H19N5O3/c1-2-3-4-12-31-18-10-8-15(13-16(18)24)9-11-21(30)25-17-6-5-7-19-22(17)33-20(14-32-19)23-26-28-29-27-23;27-19(10-8-13-7-9-14-3-1-4-15(14)11-13)22-16-5-2-6-17-20(16)29-18(12-28-17)21-23-25-26-24-21/h5-11,13,20H,2-4,12,14H2,1H3,(H,25,30)(H,26,27,28,29);2,5-11,18H,1,3-4,12H2,(H,22,27)(H,23,24,25,26). The molecule has 0 fully saturated rings. The predicted molar refractivity (Wildman–Crippen MR) is 229 cm³/mol. The monoisotopic (exact) mass is 858 g/mol. The van der Waals surface area contributed by atoms with Crippen LogP contribution in [0.4, 0.5) is 11.4 Å². The maximum atomic E-state index is 12.5. The summed E-state index contributed by atoms with van der Waals surface area (Å²) in [7, 11) is 0. The molecule has 0 spiro atoms. The molecule has 2 atom stereocenters. The number of rotatable bonds is 13. The first-order chi connectivity index (χ1) is 30.4. The summed E-state index contributed by atoms with van der Waals surface area (Å²) in [5.74, 6) is 2.78. The number of aryl methyl sites for hydroxylation is 2. The molecule has 1 aliphatic carbocycles. The maximum absolute atomic E-state index is 12.5. The second-order valence-corrected chi connectivity index (χ2v) is 14.8. The van der Waals surface area contributed by atoms with Crippen LogP contribution in [0.25, 0.3) is 12.2 Å². The number of tetrazole rings is 2. The van der Waals surface area contributed by atoms with Gasteiger partial charge in [0, 0.05) is 12.2 Å². The molecule has 6 aromatic rings. The molecule has 2 unspecified atom stereocenters. The molecule has 18 heteroatoms. The number of ether oxygens (including phenoxy) is 5. The molecule has 17 nitrogen and oxygen atoms in total. The van der Waals surface area contributed by atoms with E-state index >= 15 is 0 Å². The van der Waals surface area contributed by atoms with Crippen molar-refractivity contribution < 1.29 is 33.3 Å². The van der Waals surface area contributed by atoms with Crippen LogP contribution in [-0.2, 0) is 22.4 Å². The van der Waals surface area contributed by atoms with Gasteiger partial charge in [-0.1, -0.05) is 78.2 Å². The number of para-hydroxylation sites is 2. The highest BCUT2D eigenvalue weighted by atomic mass is 35.5. The van der Waals surface area contributed by atoms with Crippen molar-refractivity contribution in [2.75, 3.05) is 30.5 Å². The van der Waals surface area contributed by atoms with E-state index in [9.17, 15) is 9.59 Å². The number of nitrogens with one attached hydrogen (secondary N) is 4. The highest BCUT2D eigenvalue weighted by Crippen LogP contribution is 2.42. The summed E-state index contributed by atoms with van der Waals surface area (Å²) in [6.07, 6.45) is 12.1. The van der Waals surface area contributed by atoms with Crippen LogP contribution in [-0.4, -0.2) is 72.9 Å². The van der Waals surface area contributed by atoms with E-state index in [2.05, 4.69) is 70.9 Å². The van der Waals surface area contributed by atoms with Gasteiger partial charge in [0.25, 0.3) is 0 Å². The first kappa shape index (κ1) is 41.5. The molecule has 0 bridgehead atoms. The molecular weight excluding hydrogens is 816 g/mol. The third-order valence-corrected chi connectivity index (χ3v) is 10.3. The summed E-state index contributed by atoms with van der Waals surface area (Å²) in [6, 6.07) is 22.4. The molecule has 0 saturated carbocycles. The minimum absolute atomic E-state index is 0.239. The number of anilines is 2. The number of halogens is 1. The fraction of sp³-hybridized carbons (Fsp3) is 0.273. The topological polar surface area (TPSA) is 213 Å². The van der Waals surface area contributed by atoms with Gasteiger partial charge in [0.2, 0.25) is 23.5 Å². The molecule has 0 saturated heterocycles. The van der Waals surface area contributed by atoms with E-state index in [0.717, 1.165) is 43.2 Å². The van der Waals surface area contributed by atoms with Gasteiger partial charge in [-0.15, -0.1) is 20.4 Å². The second kappa shape index (κ2) is 19.9. The Bertz CT molecular complexity index is 2550. The summed E-state index contributed by atoms with van der Waals surface area (Å²) in [6.45, 7) is 3.28. The van der Waals surface area contributed by atoms with Gasteiger partial charge in [-0.05, 0) is 96.5 Å². The third kappa shape index (κ3) is 10.4. The van der Waals surface area contributed by atoms with Crippen molar-refractivity contribution in [3.05, 3.63) is 124 Å². The number of hydrogen-bond acceptors (Lipinski definition) is 13. The molecule has 2 amide bonds. The molecule has 3 aliphatic rings. The zero-order valence-corrected chi connectivity index (χ0v) is 34.4. The number of unbranched alkanes of at least 4 members (excludes halogenated alkanes) is 2. The number of hydrogen-bond donors (Lipinski definition) is 4. The van der Waals surface area contributed by atoms with Crippen LogP contribution < -0.4 is 34.3 Å². The van der Waals surface area contributed by atoms with Crippen molar-refractivity contribution in [2.24, 2.45) is 0 Å². The van der Waals surface area contributed by atoms with Crippen molar-refractivity contribution in [3.8, 4) is 28.7 Å². The van der Waals surface area contributed by atoms with Crippen LogP contribution in [0.5, 0.6) is 28.7 Å². The number of carbonyl (C=O) groups is 2. The zero-order chi connectivity index (χ0) is 42.7. The number of aromatic nitrogens is 8. The third-order valence-electron chi connectivity index (χ3n) is 10.0. The maximum Gasteiger partial charge on any atom is 0.248 e. The Morgan fingerprint density at radius 2 is 1.34 bits per heavy atom. The van der Waals surface area contributed by atoms with Gasteiger partial charge in [-0.25, -0.2) is 0 Å². The molecule has 318 valence electrons. The number of aromatic amines is 2. The van der Waals surface area contributed by atoms with Gasteiger partial charge in [-0.2, -0.15) is 10.4 Å².